The maximum atomic E-state index is 12.6. The predicted molar refractivity (Wildman–Crippen MR) is 72.9 cm³/mol. The Morgan fingerprint density at radius 2 is 1.29 bits per heavy atom. The van der Waals surface area contributed by atoms with Gasteiger partial charge in [-0.15, -0.1) is 0 Å². The van der Waals surface area contributed by atoms with Crippen molar-refractivity contribution in [1.82, 2.24) is 0 Å². The summed E-state index contributed by atoms with van der Waals surface area (Å²) < 4.78 is 122. The Balaban J connectivity index is 5.91. The molecule has 0 aromatic rings. The summed E-state index contributed by atoms with van der Waals surface area (Å²) in [7, 11) is -13.2. The minimum atomic E-state index is -6.61. The largest absolute Gasteiger partial charge is 0.498 e. The summed E-state index contributed by atoms with van der Waals surface area (Å²) in [4.78, 5) is 0. The first kappa shape index (κ1) is 23.0. The molecule has 0 rings (SSSR count). The molecule has 24 heavy (non-hydrogen) atoms. The van der Waals surface area contributed by atoms with Gasteiger partial charge in [-0.2, -0.15) is 26.3 Å². The molecule has 0 saturated heterocycles. The third-order valence-electron chi connectivity index (χ3n) is 3.04. The second-order valence-electron chi connectivity index (χ2n) is 5.07. The fraction of sp³-hybridized carbons (Fsp3) is 0.818. The van der Waals surface area contributed by atoms with Crippen LogP contribution in [0.4, 0.5) is 26.3 Å². The number of halogens is 6. The molecule has 0 radical (unpaired) electrons. The summed E-state index contributed by atoms with van der Waals surface area (Å²) in [5.74, 6) is -0.439. The molecule has 0 aliphatic heterocycles. The zero-order valence-electron chi connectivity index (χ0n) is 12.6. The van der Waals surface area contributed by atoms with E-state index in [2.05, 4.69) is 6.58 Å². The van der Waals surface area contributed by atoms with E-state index in [-0.39, 0.29) is 0 Å². The maximum absolute atomic E-state index is 12.6. The molecule has 144 valence electrons. The molecule has 0 aliphatic carbocycles. The zero-order chi connectivity index (χ0) is 19.6. The second kappa shape index (κ2) is 7.50. The molecule has 1 atom stereocenters. The molecule has 0 bridgehead atoms. The average Bonchev–Trinajstić information content (AvgIpc) is 2.34. The van der Waals surface area contributed by atoms with Gasteiger partial charge in [0, 0.05) is 0 Å². The van der Waals surface area contributed by atoms with Gasteiger partial charge < -0.3 is 4.74 Å². The number of sulfone groups is 2. The van der Waals surface area contributed by atoms with Crippen molar-refractivity contribution in [3.63, 3.8) is 0 Å². The van der Waals surface area contributed by atoms with Gasteiger partial charge in [-0.25, -0.2) is 16.8 Å². The van der Waals surface area contributed by atoms with Gasteiger partial charge in [0.1, 0.15) is 6.10 Å². The van der Waals surface area contributed by atoms with E-state index in [4.69, 9.17) is 4.74 Å². The topological polar surface area (TPSA) is 77.5 Å². The molecule has 0 aliphatic rings. The monoisotopic (exact) mass is 406 g/mol. The second-order valence-corrected chi connectivity index (χ2v) is 9.62. The molecule has 1 unspecified atom stereocenters. The average molecular weight is 406 g/mol. The van der Waals surface area contributed by atoms with E-state index < -0.39 is 60.1 Å². The van der Waals surface area contributed by atoms with Crippen molar-refractivity contribution in [3.8, 4) is 0 Å². The highest BCUT2D eigenvalue weighted by atomic mass is 32.3. The van der Waals surface area contributed by atoms with E-state index in [1.165, 1.54) is 13.8 Å². The van der Waals surface area contributed by atoms with Gasteiger partial charge in [-0.1, -0.05) is 20.4 Å². The summed E-state index contributed by atoms with van der Waals surface area (Å²) in [6.45, 7) is 6.17. The van der Waals surface area contributed by atoms with Crippen molar-refractivity contribution in [2.24, 2.45) is 5.92 Å². The van der Waals surface area contributed by atoms with Gasteiger partial charge in [0.05, 0.1) is 6.26 Å². The normalized spacial score (nSPS) is 15.6. The van der Waals surface area contributed by atoms with Crippen LogP contribution < -0.4 is 0 Å². The van der Waals surface area contributed by atoms with E-state index in [0.717, 1.165) is 6.26 Å². The van der Waals surface area contributed by atoms with Crippen LogP contribution in [-0.2, 0) is 24.4 Å². The summed E-state index contributed by atoms with van der Waals surface area (Å²) in [6, 6.07) is 0. The van der Waals surface area contributed by atoms with Crippen molar-refractivity contribution < 1.29 is 47.9 Å². The summed E-state index contributed by atoms with van der Waals surface area (Å²) in [5, 5.41) is 0. The summed E-state index contributed by atoms with van der Waals surface area (Å²) in [5.41, 5.74) is -12.3. The number of ether oxygens (including phenoxy) is 1. The molecule has 0 aromatic carbocycles. The number of hydrogen-bond acceptors (Lipinski definition) is 5. The third-order valence-corrected chi connectivity index (χ3v) is 7.71. The van der Waals surface area contributed by atoms with E-state index >= 15 is 0 Å². The van der Waals surface area contributed by atoms with Crippen LogP contribution in [0.3, 0.4) is 0 Å². The number of alkyl halides is 6. The quantitative estimate of drug-likeness (QED) is 0.457. The fourth-order valence-electron chi connectivity index (χ4n) is 1.76. The van der Waals surface area contributed by atoms with Gasteiger partial charge in [0.15, 0.2) is 4.58 Å². The predicted octanol–water partition coefficient (Wildman–Crippen LogP) is 3.15. The van der Waals surface area contributed by atoms with Crippen LogP contribution in [0.1, 0.15) is 26.7 Å². The van der Waals surface area contributed by atoms with Gasteiger partial charge >= 0.3 is 11.0 Å². The number of rotatable bonds is 8. The Morgan fingerprint density at radius 1 is 0.917 bits per heavy atom. The molecule has 0 amide bonds. The Labute approximate surface area is 135 Å². The zero-order valence-corrected chi connectivity index (χ0v) is 14.2. The van der Waals surface area contributed by atoms with Gasteiger partial charge in [-0.05, 0) is 18.8 Å². The van der Waals surface area contributed by atoms with Crippen LogP contribution in [0.25, 0.3) is 0 Å². The van der Waals surface area contributed by atoms with Crippen molar-refractivity contribution >= 4 is 19.7 Å². The SMILES string of the molecule is C=COC(CCC(S(=O)(=O)C(F)(F)F)S(=O)(=O)C(F)(F)F)C(C)C. The third kappa shape index (κ3) is 5.01. The van der Waals surface area contributed by atoms with Crippen LogP contribution in [0.5, 0.6) is 0 Å². The smallest absolute Gasteiger partial charge is 0.498 e. The van der Waals surface area contributed by atoms with Gasteiger partial charge in [0.25, 0.3) is 19.7 Å². The summed E-state index contributed by atoms with van der Waals surface area (Å²) in [6.07, 6.45) is -2.23. The molecule has 0 heterocycles. The summed E-state index contributed by atoms with van der Waals surface area (Å²) >= 11 is 0. The molecule has 0 fully saturated rings. The molecular weight excluding hydrogens is 390 g/mol. The minimum Gasteiger partial charge on any atom is -0.498 e. The van der Waals surface area contributed by atoms with Crippen molar-refractivity contribution in [1.29, 1.82) is 0 Å². The van der Waals surface area contributed by atoms with Crippen molar-refractivity contribution in [2.75, 3.05) is 0 Å². The Hall–Kier alpha value is -0.980. The van der Waals surface area contributed by atoms with E-state index in [1.807, 2.05) is 0 Å². The fourth-order valence-corrected chi connectivity index (χ4v) is 5.24. The van der Waals surface area contributed by atoms with Crippen LogP contribution in [-0.4, -0.2) is 38.5 Å². The lowest BCUT2D eigenvalue weighted by Gasteiger charge is -2.24. The number of hydrogen-bond donors (Lipinski definition) is 0. The van der Waals surface area contributed by atoms with E-state index in [0.29, 0.717) is 0 Å². The Kier molecular flexibility index (Phi) is 7.19. The molecule has 0 N–H and O–H groups in total. The van der Waals surface area contributed by atoms with E-state index in [9.17, 15) is 43.2 Å². The van der Waals surface area contributed by atoms with Crippen LogP contribution in [0.2, 0.25) is 0 Å². The van der Waals surface area contributed by atoms with Gasteiger partial charge in [-0.3, -0.25) is 0 Å². The Bertz CT molecular complexity index is 589. The van der Waals surface area contributed by atoms with Crippen molar-refractivity contribution in [3.05, 3.63) is 12.8 Å². The first-order chi connectivity index (χ1) is 10.5. The lowest BCUT2D eigenvalue weighted by Crippen LogP contribution is -2.45. The highest BCUT2D eigenvalue weighted by molar-refractivity contribution is 8.09. The molecule has 0 saturated carbocycles. The van der Waals surface area contributed by atoms with E-state index in [1.54, 1.807) is 0 Å². The molecule has 13 heteroatoms. The molecule has 0 aromatic heterocycles. The van der Waals surface area contributed by atoms with Crippen molar-refractivity contribution in [2.45, 2.75) is 48.4 Å². The molecule has 5 nitrogen and oxygen atoms in total. The standard InChI is InChI=1S/C11H16F6O5S2/c1-4-22-8(7(2)3)5-6-9(23(18,19)10(12,13)14)24(20,21)11(15,16)17/h4,7-9H,1,5-6H2,2-3H3. The lowest BCUT2D eigenvalue weighted by molar-refractivity contribution is -0.0474. The molecule has 0 spiro atoms. The first-order valence-corrected chi connectivity index (χ1v) is 9.46. The first-order valence-electron chi connectivity index (χ1n) is 6.36. The van der Waals surface area contributed by atoms with Crippen LogP contribution in [0, 0.1) is 5.92 Å². The lowest BCUT2D eigenvalue weighted by atomic mass is 10.0. The minimum absolute atomic E-state index is 0.439. The Morgan fingerprint density at radius 3 is 1.54 bits per heavy atom. The highest BCUT2D eigenvalue weighted by Gasteiger charge is 2.62. The highest BCUT2D eigenvalue weighted by Crippen LogP contribution is 2.38. The maximum Gasteiger partial charge on any atom is 0.498 e. The van der Waals surface area contributed by atoms with Gasteiger partial charge in [0.2, 0.25) is 0 Å². The molecular formula is C11H16F6O5S2. The van der Waals surface area contributed by atoms with Crippen LogP contribution >= 0.6 is 0 Å². The van der Waals surface area contributed by atoms with Crippen LogP contribution in [0.15, 0.2) is 12.8 Å².